The molecular weight excluding hydrogens is 310 g/mol. The third-order valence-electron chi connectivity index (χ3n) is 3.36. The number of amides is 1. The van der Waals surface area contributed by atoms with Crippen molar-refractivity contribution in [2.75, 3.05) is 4.90 Å². The Balaban J connectivity index is 1.96. The molecule has 0 aliphatic heterocycles. The maximum atomic E-state index is 12.9. The van der Waals surface area contributed by atoms with Crippen molar-refractivity contribution in [3.63, 3.8) is 0 Å². The molecule has 1 amide bonds. The number of rotatable bonds is 4. The van der Waals surface area contributed by atoms with Crippen molar-refractivity contribution in [3.8, 4) is 0 Å². The Hall–Kier alpha value is -2.72. The first-order valence-electron chi connectivity index (χ1n) is 7.10. The SMILES string of the molecule is O=C(c1cccnc1)N(Cc1cccnc1)c1ccc(Cl)cc1. The summed E-state index contributed by atoms with van der Waals surface area (Å²) in [6.45, 7) is 0.420. The lowest BCUT2D eigenvalue weighted by Crippen LogP contribution is -2.30. The molecule has 0 atom stereocenters. The van der Waals surface area contributed by atoms with Crippen LogP contribution in [0, 0.1) is 0 Å². The molecule has 2 aromatic heterocycles. The van der Waals surface area contributed by atoms with Crippen LogP contribution >= 0.6 is 11.6 Å². The van der Waals surface area contributed by atoms with Gasteiger partial charge in [0.15, 0.2) is 0 Å². The van der Waals surface area contributed by atoms with E-state index in [1.54, 1.807) is 54.0 Å². The van der Waals surface area contributed by atoms with Crippen molar-refractivity contribution in [1.29, 1.82) is 0 Å². The van der Waals surface area contributed by atoms with E-state index in [9.17, 15) is 4.79 Å². The Morgan fingerprint density at radius 1 is 0.957 bits per heavy atom. The zero-order valence-corrected chi connectivity index (χ0v) is 13.0. The van der Waals surface area contributed by atoms with Crippen LogP contribution in [0.4, 0.5) is 5.69 Å². The van der Waals surface area contributed by atoms with Crippen LogP contribution in [0.5, 0.6) is 0 Å². The number of carbonyl (C=O) groups excluding carboxylic acids is 1. The van der Waals surface area contributed by atoms with Gasteiger partial charge >= 0.3 is 0 Å². The number of benzene rings is 1. The Labute approximate surface area is 139 Å². The topological polar surface area (TPSA) is 46.1 Å². The summed E-state index contributed by atoms with van der Waals surface area (Å²) in [5, 5.41) is 0.629. The van der Waals surface area contributed by atoms with Crippen LogP contribution in [0.25, 0.3) is 0 Å². The standard InChI is InChI=1S/C18H14ClN3O/c19-16-5-7-17(8-6-16)22(13-14-3-1-9-20-11-14)18(23)15-4-2-10-21-12-15/h1-12H,13H2. The number of anilines is 1. The first kappa shape index (κ1) is 15.2. The number of hydrogen-bond donors (Lipinski definition) is 0. The molecule has 114 valence electrons. The molecule has 0 saturated carbocycles. The van der Waals surface area contributed by atoms with Crippen molar-refractivity contribution in [3.05, 3.63) is 89.5 Å². The van der Waals surface area contributed by atoms with E-state index in [1.807, 2.05) is 24.3 Å². The average Bonchev–Trinajstić information content (AvgIpc) is 2.62. The van der Waals surface area contributed by atoms with E-state index in [2.05, 4.69) is 9.97 Å². The fraction of sp³-hybridized carbons (Fsp3) is 0.0556. The molecule has 2 heterocycles. The van der Waals surface area contributed by atoms with Gasteiger partial charge in [-0.15, -0.1) is 0 Å². The maximum absolute atomic E-state index is 12.9. The van der Waals surface area contributed by atoms with E-state index in [0.717, 1.165) is 11.3 Å². The van der Waals surface area contributed by atoms with E-state index < -0.39 is 0 Å². The second-order valence-electron chi connectivity index (χ2n) is 4.97. The molecule has 4 nitrogen and oxygen atoms in total. The summed E-state index contributed by atoms with van der Waals surface area (Å²) in [6, 6.07) is 14.5. The third-order valence-corrected chi connectivity index (χ3v) is 3.61. The molecule has 0 unspecified atom stereocenters. The minimum atomic E-state index is -0.121. The molecule has 3 rings (SSSR count). The van der Waals surface area contributed by atoms with Gasteiger partial charge in [0.2, 0.25) is 0 Å². The van der Waals surface area contributed by atoms with Crippen molar-refractivity contribution in [2.24, 2.45) is 0 Å². The Morgan fingerprint density at radius 3 is 2.26 bits per heavy atom. The summed E-state index contributed by atoms with van der Waals surface area (Å²) < 4.78 is 0. The van der Waals surface area contributed by atoms with Crippen molar-refractivity contribution < 1.29 is 4.79 Å². The summed E-state index contributed by atoms with van der Waals surface area (Å²) in [5.74, 6) is -0.121. The smallest absolute Gasteiger partial charge is 0.260 e. The van der Waals surface area contributed by atoms with Gasteiger partial charge in [-0.3, -0.25) is 14.8 Å². The first-order valence-corrected chi connectivity index (χ1v) is 7.48. The summed E-state index contributed by atoms with van der Waals surface area (Å²) in [7, 11) is 0. The van der Waals surface area contributed by atoms with Gasteiger partial charge in [-0.05, 0) is 48.0 Å². The molecule has 3 aromatic rings. The van der Waals surface area contributed by atoms with Crippen LogP contribution in [-0.4, -0.2) is 15.9 Å². The molecule has 0 spiro atoms. The minimum absolute atomic E-state index is 0.121. The van der Waals surface area contributed by atoms with Crippen LogP contribution in [0.3, 0.4) is 0 Å². The predicted octanol–water partition coefficient (Wildman–Crippen LogP) is 3.98. The van der Waals surface area contributed by atoms with Gasteiger partial charge in [0.1, 0.15) is 0 Å². The largest absolute Gasteiger partial charge is 0.304 e. The lowest BCUT2D eigenvalue weighted by Gasteiger charge is -2.23. The van der Waals surface area contributed by atoms with Crippen molar-refractivity contribution in [2.45, 2.75) is 6.54 Å². The zero-order valence-electron chi connectivity index (χ0n) is 12.3. The van der Waals surface area contributed by atoms with Crippen LogP contribution in [-0.2, 0) is 6.54 Å². The van der Waals surface area contributed by atoms with Crippen LogP contribution in [0.2, 0.25) is 5.02 Å². The molecule has 0 aliphatic carbocycles. The minimum Gasteiger partial charge on any atom is -0.304 e. The summed E-state index contributed by atoms with van der Waals surface area (Å²) >= 11 is 5.95. The molecule has 1 aromatic carbocycles. The monoisotopic (exact) mass is 323 g/mol. The zero-order chi connectivity index (χ0) is 16.1. The summed E-state index contributed by atoms with van der Waals surface area (Å²) in [6.07, 6.45) is 6.66. The van der Waals surface area contributed by atoms with Gasteiger partial charge in [-0.25, -0.2) is 0 Å². The highest BCUT2D eigenvalue weighted by atomic mass is 35.5. The molecule has 5 heteroatoms. The van der Waals surface area contributed by atoms with E-state index in [-0.39, 0.29) is 5.91 Å². The van der Waals surface area contributed by atoms with Gasteiger partial charge in [-0.1, -0.05) is 17.7 Å². The Morgan fingerprint density at radius 2 is 1.65 bits per heavy atom. The molecule has 0 aliphatic rings. The Kier molecular flexibility index (Phi) is 4.64. The molecule has 0 radical (unpaired) electrons. The summed E-state index contributed by atoms with van der Waals surface area (Å²) in [5.41, 5.74) is 2.25. The van der Waals surface area contributed by atoms with Crippen molar-refractivity contribution in [1.82, 2.24) is 9.97 Å². The van der Waals surface area contributed by atoms with Crippen LogP contribution in [0.1, 0.15) is 15.9 Å². The highest BCUT2D eigenvalue weighted by Gasteiger charge is 2.18. The van der Waals surface area contributed by atoms with Gasteiger partial charge < -0.3 is 4.90 Å². The molecular formula is C18H14ClN3O. The van der Waals surface area contributed by atoms with Crippen LogP contribution in [0.15, 0.2) is 73.3 Å². The normalized spacial score (nSPS) is 10.3. The third kappa shape index (κ3) is 3.73. The highest BCUT2D eigenvalue weighted by Crippen LogP contribution is 2.22. The fourth-order valence-corrected chi connectivity index (χ4v) is 2.35. The Bertz CT molecular complexity index is 776. The number of halogens is 1. The number of carbonyl (C=O) groups is 1. The number of pyridine rings is 2. The second kappa shape index (κ2) is 7.03. The van der Waals surface area contributed by atoms with Gasteiger partial charge in [0.25, 0.3) is 5.91 Å². The average molecular weight is 324 g/mol. The predicted molar refractivity (Wildman–Crippen MR) is 90.4 cm³/mol. The summed E-state index contributed by atoms with van der Waals surface area (Å²) in [4.78, 5) is 22.7. The van der Waals surface area contributed by atoms with E-state index in [0.29, 0.717) is 17.1 Å². The second-order valence-corrected chi connectivity index (χ2v) is 5.41. The number of hydrogen-bond acceptors (Lipinski definition) is 3. The van der Waals surface area contributed by atoms with E-state index in [4.69, 9.17) is 11.6 Å². The van der Waals surface area contributed by atoms with E-state index >= 15 is 0 Å². The quantitative estimate of drug-likeness (QED) is 0.729. The van der Waals surface area contributed by atoms with Crippen LogP contribution < -0.4 is 4.90 Å². The van der Waals surface area contributed by atoms with Crippen molar-refractivity contribution >= 4 is 23.2 Å². The lowest BCUT2D eigenvalue weighted by molar-refractivity contribution is 0.0985. The molecule has 0 saturated heterocycles. The van der Waals surface area contributed by atoms with E-state index in [1.165, 1.54) is 0 Å². The highest BCUT2D eigenvalue weighted by molar-refractivity contribution is 6.30. The number of aromatic nitrogens is 2. The van der Waals surface area contributed by atoms with Gasteiger partial charge in [-0.2, -0.15) is 0 Å². The molecule has 0 N–H and O–H groups in total. The van der Waals surface area contributed by atoms with Gasteiger partial charge in [0, 0.05) is 35.5 Å². The molecule has 0 bridgehead atoms. The van der Waals surface area contributed by atoms with Gasteiger partial charge in [0.05, 0.1) is 12.1 Å². The lowest BCUT2D eigenvalue weighted by atomic mass is 10.2. The molecule has 0 fully saturated rings. The maximum Gasteiger partial charge on any atom is 0.260 e. The fourth-order valence-electron chi connectivity index (χ4n) is 2.22. The molecule has 23 heavy (non-hydrogen) atoms. The number of nitrogens with zero attached hydrogens (tertiary/aromatic N) is 3. The first-order chi connectivity index (χ1) is 11.2.